The Labute approximate surface area is 311 Å². The first kappa shape index (κ1) is 49.8. The third kappa shape index (κ3) is 18.1. The van der Waals surface area contributed by atoms with Crippen molar-refractivity contribution < 1.29 is 77.0 Å². The summed E-state index contributed by atoms with van der Waals surface area (Å²) in [5.74, 6) is -0.357. The van der Waals surface area contributed by atoms with Crippen LogP contribution in [0.15, 0.2) is 0 Å². The fourth-order valence-electron chi connectivity index (χ4n) is 4.65. The number of unbranched alkanes of at least 4 members (excludes halogenated alkanes) is 2. The first-order valence-corrected chi connectivity index (χ1v) is 21.0. The van der Waals surface area contributed by atoms with Crippen molar-refractivity contribution in [1.29, 1.82) is 0 Å². The van der Waals surface area contributed by atoms with E-state index in [1.807, 2.05) is 34.6 Å². The summed E-state index contributed by atoms with van der Waals surface area (Å²) in [6.45, 7) is 21.0. The van der Waals surface area contributed by atoms with Crippen molar-refractivity contribution in [3.05, 3.63) is 0 Å². The largest absolute Gasteiger partial charge is 0.513 e. The summed E-state index contributed by atoms with van der Waals surface area (Å²) in [4.78, 5) is 9.58. The fraction of sp³-hybridized carbons (Fsp3) is 1.00. The van der Waals surface area contributed by atoms with Gasteiger partial charge in [-0.3, -0.25) is 4.57 Å². The number of hydrogen-bond acceptors (Lipinski definition) is 15. The van der Waals surface area contributed by atoms with Crippen molar-refractivity contribution >= 4 is 15.6 Å². The van der Waals surface area contributed by atoms with Crippen LogP contribution in [0.1, 0.15) is 95.4 Å². The van der Waals surface area contributed by atoms with Gasteiger partial charge in [0.2, 0.25) is 0 Å². The summed E-state index contributed by atoms with van der Waals surface area (Å²) in [5, 5.41) is 49.8. The molecule has 0 aromatic heterocycles. The van der Waals surface area contributed by atoms with Gasteiger partial charge in [-0.1, -0.05) is 20.8 Å². The Morgan fingerprint density at radius 3 is 1.81 bits per heavy atom. The molecule has 2 heterocycles. The van der Waals surface area contributed by atoms with Gasteiger partial charge in [0.25, 0.3) is 0 Å². The predicted molar refractivity (Wildman–Crippen MR) is 193 cm³/mol. The van der Waals surface area contributed by atoms with Crippen LogP contribution in [0.5, 0.6) is 0 Å². The molecule has 0 aromatic carbocycles. The third-order valence-electron chi connectivity index (χ3n) is 8.07. The number of aliphatic hydroxyl groups excluding tert-OH is 5. The van der Waals surface area contributed by atoms with Crippen LogP contribution in [0.3, 0.4) is 0 Å². The Morgan fingerprint density at radius 2 is 1.25 bits per heavy atom. The molecule has 0 saturated carbocycles. The van der Waals surface area contributed by atoms with Gasteiger partial charge >= 0.3 is 15.6 Å². The van der Waals surface area contributed by atoms with Crippen molar-refractivity contribution in [1.82, 2.24) is 0 Å². The lowest BCUT2D eigenvalue weighted by Gasteiger charge is -2.41. The maximum atomic E-state index is 12.0. The van der Waals surface area contributed by atoms with Gasteiger partial charge in [-0.2, -0.15) is 0 Å². The quantitative estimate of drug-likeness (QED) is 0.0812. The second-order valence-corrected chi connectivity index (χ2v) is 20.3. The molecule has 16 nitrogen and oxygen atoms in total. The van der Waals surface area contributed by atoms with Gasteiger partial charge in [-0.05, 0) is 79.2 Å². The molecule has 0 spiro atoms. The van der Waals surface area contributed by atoms with Gasteiger partial charge in [-0.15, -0.1) is 4.52 Å². The van der Waals surface area contributed by atoms with Crippen molar-refractivity contribution in [3.8, 4) is 0 Å². The van der Waals surface area contributed by atoms with E-state index in [1.54, 1.807) is 41.5 Å². The number of aliphatic hydroxyl groups is 5. The lowest BCUT2D eigenvalue weighted by molar-refractivity contribution is -0.302. The van der Waals surface area contributed by atoms with Crippen LogP contribution in [0.4, 0.5) is 0 Å². The third-order valence-corrected chi connectivity index (χ3v) is 11.4. The van der Waals surface area contributed by atoms with Crippen LogP contribution in [-0.2, 0) is 46.6 Å². The Kier molecular flexibility index (Phi) is 22.1. The normalized spacial score (nSPS) is 31.6. The van der Waals surface area contributed by atoms with Crippen LogP contribution in [0, 0.1) is 5.92 Å². The summed E-state index contributed by atoms with van der Waals surface area (Å²) in [6, 6.07) is 0. The van der Waals surface area contributed by atoms with Crippen molar-refractivity contribution in [2.45, 2.75) is 173 Å². The lowest BCUT2D eigenvalue weighted by atomic mass is 9.92. The van der Waals surface area contributed by atoms with Gasteiger partial charge in [0.1, 0.15) is 43.2 Å². The number of rotatable bonds is 19. The topological polar surface area (TPSA) is 229 Å². The maximum Gasteiger partial charge on any atom is 0.513 e. The van der Waals surface area contributed by atoms with E-state index in [-0.39, 0.29) is 50.7 Å². The molecule has 2 aliphatic heterocycles. The summed E-state index contributed by atoms with van der Waals surface area (Å²) < 4.78 is 67.4. The van der Waals surface area contributed by atoms with Crippen LogP contribution in [0.25, 0.3) is 0 Å². The van der Waals surface area contributed by atoms with Gasteiger partial charge < -0.3 is 63.4 Å². The van der Waals surface area contributed by atoms with Crippen LogP contribution < -0.4 is 0 Å². The van der Waals surface area contributed by atoms with E-state index in [2.05, 4.69) is 0 Å². The van der Waals surface area contributed by atoms with E-state index in [4.69, 9.17) is 37.5 Å². The van der Waals surface area contributed by atoms with Crippen molar-refractivity contribution in [2.75, 3.05) is 39.6 Å². The SMILES string of the molecule is CC(C)(C)OCCOC1OC(CO[P+](=O)C(C)(C)C)C(O)C(O)C1O.CC(C)OCC1OC(OCCCCCOP(=O)(O)C(C)C)C(C)C(O)C1O. The molecule has 0 radical (unpaired) electrons. The van der Waals surface area contributed by atoms with Gasteiger partial charge in [-0.25, -0.2) is 0 Å². The smallest absolute Gasteiger partial charge is 0.390 e. The van der Waals surface area contributed by atoms with E-state index in [0.29, 0.717) is 13.0 Å². The zero-order chi connectivity index (χ0) is 40.0. The fourth-order valence-corrected chi connectivity index (χ4v) is 6.01. The summed E-state index contributed by atoms with van der Waals surface area (Å²) in [7, 11) is -5.48. The molecule has 0 amide bonds. The molecular weight excluding hydrogens is 726 g/mol. The minimum Gasteiger partial charge on any atom is -0.390 e. The molecule has 52 heavy (non-hydrogen) atoms. The average molecular weight is 796 g/mol. The van der Waals surface area contributed by atoms with E-state index >= 15 is 0 Å². The maximum absolute atomic E-state index is 12.0. The summed E-state index contributed by atoms with van der Waals surface area (Å²) in [6.07, 6.45) is -7.34. The number of ether oxygens (including phenoxy) is 6. The molecule has 12 unspecified atom stereocenters. The lowest BCUT2D eigenvalue weighted by Crippen LogP contribution is -2.59. The molecule has 310 valence electrons. The Bertz CT molecular complexity index is 1050. The monoisotopic (exact) mass is 795 g/mol. The van der Waals surface area contributed by atoms with Crippen molar-refractivity contribution in [2.24, 2.45) is 5.92 Å². The molecule has 0 aliphatic carbocycles. The molecule has 6 N–H and O–H groups in total. The number of hydrogen-bond donors (Lipinski definition) is 6. The average Bonchev–Trinajstić information content (AvgIpc) is 3.03. The summed E-state index contributed by atoms with van der Waals surface area (Å²) in [5.41, 5.74) is -0.722. The van der Waals surface area contributed by atoms with E-state index in [0.717, 1.165) is 12.8 Å². The molecule has 2 saturated heterocycles. The van der Waals surface area contributed by atoms with Gasteiger partial charge in [0.05, 0.1) is 49.9 Å². The van der Waals surface area contributed by atoms with Crippen LogP contribution in [-0.4, -0.2) is 148 Å². The van der Waals surface area contributed by atoms with E-state index in [9.17, 15) is 39.6 Å². The van der Waals surface area contributed by atoms with Gasteiger partial charge in [0.15, 0.2) is 17.7 Å². The Balaban J connectivity index is 0.000000522. The molecule has 18 heteroatoms. The zero-order valence-electron chi connectivity index (χ0n) is 33.0. The minimum atomic E-state index is -3.50. The standard InChI is InChI=1S/C18H37O8P.C16H32O8P/c1-12(2)24-11-15-17(20)16(19)14(5)18(26-15)23-9-7-6-8-10-25-27(21,22)13(3)4;1-15(2,3)22-8-7-21-14-13(19)12(18)11(17)10(24-14)9-23-25(20)16(4,5)6/h12-20H,6-11H2,1-5H3,(H,21,22);10-14,17-19H,7-9H2,1-6H3/q;+1. The molecule has 2 aliphatic rings. The molecule has 12 atom stereocenters. The Hall–Kier alpha value is -0.230. The highest BCUT2D eigenvalue weighted by Crippen LogP contribution is 2.47. The summed E-state index contributed by atoms with van der Waals surface area (Å²) >= 11 is 0. The van der Waals surface area contributed by atoms with E-state index in [1.165, 1.54) is 0 Å². The second-order valence-electron chi connectivity index (χ2n) is 15.8. The Morgan fingerprint density at radius 1 is 0.712 bits per heavy atom. The highest BCUT2D eigenvalue weighted by Gasteiger charge is 2.47. The molecule has 2 fully saturated rings. The van der Waals surface area contributed by atoms with E-state index < -0.39 is 81.7 Å². The van der Waals surface area contributed by atoms with Crippen LogP contribution >= 0.6 is 15.6 Å². The molecule has 2 rings (SSSR count). The molecular formula is C34H69O16P2+. The highest BCUT2D eigenvalue weighted by molar-refractivity contribution is 7.53. The first-order valence-electron chi connectivity index (χ1n) is 18.2. The predicted octanol–water partition coefficient (Wildman–Crippen LogP) is 3.47. The second kappa shape index (κ2) is 23.1. The van der Waals surface area contributed by atoms with Gasteiger partial charge in [0, 0.05) is 12.5 Å². The minimum absolute atomic E-state index is 0.00352. The highest BCUT2D eigenvalue weighted by atomic mass is 31.2. The van der Waals surface area contributed by atoms with Crippen LogP contribution in [0.2, 0.25) is 0 Å². The van der Waals surface area contributed by atoms with Crippen molar-refractivity contribution in [3.63, 3.8) is 0 Å². The molecule has 0 aromatic rings. The first-order chi connectivity index (χ1) is 23.9. The molecule has 0 bridgehead atoms. The zero-order valence-corrected chi connectivity index (χ0v) is 34.7.